The molecular weight excluding hydrogens is 238 g/mol. The van der Waals surface area contributed by atoms with E-state index in [4.69, 9.17) is 9.47 Å². The second-order valence-electron chi connectivity index (χ2n) is 5.03. The molecule has 1 aromatic rings. The van der Waals surface area contributed by atoms with Crippen LogP contribution in [0.5, 0.6) is 5.75 Å². The van der Waals surface area contributed by atoms with E-state index in [9.17, 15) is 0 Å². The number of ether oxygens (including phenoxy) is 2. The molecular formula is C16H27NO2. The highest BCUT2D eigenvalue weighted by Gasteiger charge is 2.04. The molecule has 0 aromatic heterocycles. The third-order valence-corrected chi connectivity index (χ3v) is 3.08. The van der Waals surface area contributed by atoms with Crippen molar-refractivity contribution in [1.29, 1.82) is 0 Å². The summed E-state index contributed by atoms with van der Waals surface area (Å²) >= 11 is 0. The van der Waals surface area contributed by atoms with Crippen LogP contribution in [0.15, 0.2) is 24.3 Å². The van der Waals surface area contributed by atoms with Crippen molar-refractivity contribution >= 4 is 0 Å². The van der Waals surface area contributed by atoms with Crippen LogP contribution in [0.4, 0.5) is 0 Å². The molecule has 0 bridgehead atoms. The van der Waals surface area contributed by atoms with Crippen LogP contribution in [0.2, 0.25) is 0 Å². The van der Waals surface area contributed by atoms with Crippen molar-refractivity contribution in [3.8, 4) is 5.75 Å². The monoisotopic (exact) mass is 265 g/mol. The van der Waals surface area contributed by atoms with E-state index < -0.39 is 0 Å². The summed E-state index contributed by atoms with van der Waals surface area (Å²) in [5.74, 6) is 0.910. The number of hydrogen-bond donors (Lipinski definition) is 1. The van der Waals surface area contributed by atoms with Gasteiger partial charge in [0.25, 0.3) is 0 Å². The van der Waals surface area contributed by atoms with Crippen LogP contribution in [0.1, 0.15) is 32.8 Å². The Hall–Kier alpha value is -1.06. The van der Waals surface area contributed by atoms with Gasteiger partial charge in [-0.1, -0.05) is 19.1 Å². The normalized spacial score (nSPS) is 14.1. The third-order valence-electron chi connectivity index (χ3n) is 3.08. The molecule has 1 rings (SSSR count). The summed E-state index contributed by atoms with van der Waals surface area (Å²) in [5.41, 5.74) is 1.36. The summed E-state index contributed by atoms with van der Waals surface area (Å²) in [7, 11) is 1.69. The molecule has 1 aromatic carbocycles. The van der Waals surface area contributed by atoms with Gasteiger partial charge in [-0.05, 0) is 50.9 Å². The lowest BCUT2D eigenvalue weighted by Crippen LogP contribution is -2.25. The molecule has 3 nitrogen and oxygen atoms in total. The molecule has 3 heteroatoms. The summed E-state index contributed by atoms with van der Waals surface area (Å²) in [5, 5.41) is 3.43. The molecule has 0 aliphatic carbocycles. The fourth-order valence-corrected chi connectivity index (χ4v) is 2.07. The summed E-state index contributed by atoms with van der Waals surface area (Å²) < 4.78 is 10.8. The van der Waals surface area contributed by atoms with Crippen LogP contribution in [-0.4, -0.2) is 32.4 Å². The lowest BCUT2D eigenvalue weighted by molar-refractivity contribution is 0.0921. The molecule has 19 heavy (non-hydrogen) atoms. The summed E-state index contributed by atoms with van der Waals surface area (Å²) in [4.78, 5) is 0. The van der Waals surface area contributed by atoms with Crippen LogP contribution < -0.4 is 10.1 Å². The van der Waals surface area contributed by atoms with Crippen LogP contribution in [-0.2, 0) is 11.2 Å². The van der Waals surface area contributed by atoms with Crippen molar-refractivity contribution in [3.05, 3.63) is 29.8 Å². The van der Waals surface area contributed by atoms with E-state index in [1.165, 1.54) is 5.56 Å². The summed E-state index contributed by atoms with van der Waals surface area (Å²) in [6.07, 6.45) is 2.35. The maximum atomic E-state index is 5.74. The Kier molecular flexibility index (Phi) is 7.53. The Morgan fingerprint density at radius 1 is 1.16 bits per heavy atom. The van der Waals surface area contributed by atoms with Crippen molar-refractivity contribution < 1.29 is 9.47 Å². The van der Waals surface area contributed by atoms with Gasteiger partial charge in [0.1, 0.15) is 11.9 Å². The average molecular weight is 265 g/mol. The highest BCUT2D eigenvalue weighted by atomic mass is 16.5. The number of benzene rings is 1. The quantitative estimate of drug-likeness (QED) is 0.744. The maximum Gasteiger partial charge on any atom is 0.119 e. The minimum atomic E-state index is 0.0876. The first-order valence-corrected chi connectivity index (χ1v) is 7.13. The summed E-state index contributed by atoms with van der Waals surface area (Å²) in [6.45, 7) is 8.03. The molecule has 0 spiro atoms. The predicted octanol–water partition coefficient (Wildman–Crippen LogP) is 3.03. The van der Waals surface area contributed by atoms with E-state index in [1.54, 1.807) is 7.11 Å². The number of hydrogen-bond acceptors (Lipinski definition) is 3. The zero-order valence-corrected chi connectivity index (χ0v) is 12.6. The SMILES string of the molecule is CCNC(C)CCc1ccc(OC(C)COC)cc1. The minimum absolute atomic E-state index is 0.0876. The summed E-state index contributed by atoms with van der Waals surface area (Å²) in [6, 6.07) is 8.95. The Morgan fingerprint density at radius 2 is 1.84 bits per heavy atom. The van der Waals surface area contributed by atoms with Crippen LogP contribution in [0, 0.1) is 0 Å². The molecule has 0 saturated carbocycles. The van der Waals surface area contributed by atoms with Crippen LogP contribution in [0.25, 0.3) is 0 Å². The van der Waals surface area contributed by atoms with Crippen molar-refractivity contribution in [3.63, 3.8) is 0 Å². The first kappa shape index (κ1) is 16.0. The largest absolute Gasteiger partial charge is 0.488 e. The Bertz CT molecular complexity index is 337. The zero-order valence-electron chi connectivity index (χ0n) is 12.6. The highest BCUT2D eigenvalue weighted by molar-refractivity contribution is 5.27. The maximum absolute atomic E-state index is 5.74. The van der Waals surface area contributed by atoms with Gasteiger partial charge < -0.3 is 14.8 Å². The van der Waals surface area contributed by atoms with E-state index in [0.717, 1.165) is 25.1 Å². The van der Waals surface area contributed by atoms with Gasteiger partial charge in [0.2, 0.25) is 0 Å². The van der Waals surface area contributed by atoms with Gasteiger partial charge in [-0.2, -0.15) is 0 Å². The number of methoxy groups -OCH3 is 1. The van der Waals surface area contributed by atoms with Crippen molar-refractivity contribution in [1.82, 2.24) is 5.32 Å². The Labute approximate surface area is 117 Å². The van der Waals surface area contributed by atoms with E-state index >= 15 is 0 Å². The van der Waals surface area contributed by atoms with E-state index in [1.807, 2.05) is 19.1 Å². The van der Waals surface area contributed by atoms with E-state index in [2.05, 4.69) is 31.3 Å². The molecule has 0 fully saturated rings. The first-order chi connectivity index (χ1) is 9.15. The zero-order chi connectivity index (χ0) is 14.1. The van der Waals surface area contributed by atoms with Gasteiger partial charge in [-0.3, -0.25) is 0 Å². The number of nitrogens with one attached hydrogen (secondary N) is 1. The molecule has 0 aliphatic heterocycles. The smallest absolute Gasteiger partial charge is 0.119 e. The average Bonchev–Trinajstić information content (AvgIpc) is 2.38. The highest BCUT2D eigenvalue weighted by Crippen LogP contribution is 2.15. The molecule has 2 atom stereocenters. The topological polar surface area (TPSA) is 30.5 Å². The Balaban J connectivity index is 2.38. The molecule has 0 saturated heterocycles. The third kappa shape index (κ3) is 6.60. The van der Waals surface area contributed by atoms with Gasteiger partial charge in [0.05, 0.1) is 6.61 Å². The van der Waals surface area contributed by atoms with Gasteiger partial charge in [0.15, 0.2) is 0 Å². The van der Waals surface area contributed by atoms with Gasteiger partial charge in [-0.25, -0.2) is 0 Å². The lowest BCUT2D eigenvalue weighted by Gasteiger charge is -2.14. The molecule has 2 unspecified atom stereocenters. The predicted molar refractivity (Wildman–Crippen MR) is 79.9 cm³/mol. The fraction of sp³-hybridized carbons (Fsp3) is 0.625. The fourth-order valence-electron chi connectivity index (χ4n) is 2.07. The molecule has 1 N–H and O–H groups in total. The van der Waals surface area contributed by atoms with Crippen molar-refractivity contribution in [2.75, 3.05) is 20.3 Å². The van der Waals surface area contributed by atoms with Crippen LogP contribution in [0.3, 0.4) is 0 Å². The van der Waals surface area contributed by atoms with Gasteiger partial charge >= 0.3 is 0 Å². The first-order valence-electron chi connectivity index (χ1n) is 7.13. The molecule has 0 amide bonds. The van der Waals surface area contributed by atoms with Gasteiger partial charge in [0, 0.05) is 13.2 Å². The molecule has 0 aliphatic rings. The molecule has 0 heterocycles. The standard InChI is InChI=1S/C16H27NO2/c1-5-17-13(2)6-7-15-8-10-16(11-9-15)19-14(3)12-18-4/h8-11,13-14,17H,5-7,12H2,1-4H3. The van der Waals surface area contributed by atoms with Crippen molar-refractivity contribution in [2.24, 2.45) is 0 Å². The number of rotatable bonds is 9. The molecule has 0 radical (unpaired) electrons. The lowest BCUT2D eigenvalue weighted by atomic mass is 10.1. The van der Waals surface area contributed by atoms with Crippen LogP contribution >= 0.6 is 0 Å². The van der Waals surface area contributed by atoms with E-state index in [-0.39, 0.29) is 6.10 Å². The second kappa shape index (κ2) is 8.94. The van der Waals surface area contributed by atoms with Gasteiger partial charge in [-0.15, -0.1) is 0 Å². The van der Waals surface area contributed by atoms with E-state index in [0.29, 0.717) is 12.6 Å². The minimum Gasteiger partial charge on any atom is -0.488 e. The molecule has 108 valence electrons. The van der Waals surface area contributed by atoms with Crippen molar-refractivity contribution in [2.45, 2.75) is 45.8 Å². The number of aryl methyl sites for hydroxylation is 1. The Morgan fingerprint density at radius 3 is 2.42 bits per heavy atom. The second-order valence-corrected chi connectivity index (χ2v) is 5.03.